The maximum absolute atomic E-state index is 12.8. The van der Waals surface area contributed by atoms with Gasteiger partial charge in [0.05, 0.1) is 16.9 Å². The monoisotopic (exact) mass is 431 g/mol. The molecular weight excluding hydrogens is 402 g/mol. The van der Waals surface area contributed by atoms with Crippen molar-refractivity contribution in [3.8, 4) is 0 Å². The summed E-state index contributed by atoms with van der Waals surface area (Å²) in [7, 11) is -3.86. The Hall–Kier alpha value is -1.49. The quantitative estimate of drug-likeness (QED) is 0.698. The van der Waals surface area contributed by atoms with Crippen LogP contribution in [0.4, 0.5) is 0 Å². The van der Waals surface area contributed by atoms with E-state index >= 15 is 0 Å². The zero-order valence-electron chi connectivity index (χ0n) is 16.8. The van der Waals surface area contributed by atoms with Crippen LogP contribution in [0.3, 0.4) is 0 Å². The molecule has 1 aromatic rings. The number of sulfone groups is 1. The molecule has 0 radical (unpaired) electrons. The fourth-order valence-electron chi connectivity index (χ4n) is 3.25. The molecule has 0 bridgehead atoms. The molecule has 0 unspecified atom stereocenters. The van der Waals surface area contributed by atoms with Crippen LogP contribution in [-0.4, -0.2) is 64.8 Å². The molecule has 0 aliphatic carbocycles. The van der Waals surface area contributed by atoms with Gasteiger partial charge in [-0.25, -0.2) is 8.42 Å². The third-order valence-electron chi connectivity index (χ3n) is 4.98. The number of hydrogen-bond donors (Lipinski definition) is 1. The first-order chi connectivity index (χ1) is 13.0. The Labute approximate surface area is 168 Å². The number of piperidine rings is 1. The Kier molecular flexibility index (Phi) is 7.24. The standard InChI is InChI=1S/C18H29N3O5S2/c1-5-17(14-8-10-16(11-9-14)27(4,23)24)19-18(22)15-7-6-12-21(13-15)28(25,26)20(2)3/h8-11,15,17H,5-7,12-13H2,1-4H3,(H,19,22)/t15-,17-/m0/s1. The van der Waals surface area contributed by atoms with Crippen molar-refractivity contribution in [2.75, 3.05) is 33.4 Å². The van der Waals surface area contributed by atoms with E-state index in [2.05, 4.69) is 5.32 Å². The second-order valence-corrected chi connectivity index (χ2v) is 11.5. The molecule has 2 atom stereocenters. The topological polar surface area (TPSA) is 104 Å². The number of carbonyl (C=O) groups is 1. The third-order valence-corrected chi connectivity index (χ3v) is 8.01. The SMILES string of the molecule is CC[C@H](NC(=O)[C@H]1CCCN(S(=O)(=O)N(C)C)C1)c1ccc(S(C)(=O)=O)cc1. The highest BCUT2D eigenvalue weighted by molar-refractivity contribution is 7.90. The highest BCUT2D eigenvalue weighted by Gasteiger charge is 2.34. The van der Waals surface area contributed by atoms with Crippen molar-refractivity contribution in [2.45, 2.75) is 37.1 Å². The predicted octanol–water partition coefficient (Wildman–Crippen LogP) is 1.18. The van der Waals surface area contributed by atoms with Crippen molar-refractivity contribution in [3.63, 3.8) is 0 Å². The van der Waals surface area contributed by atoms with Crippen molar-refractivity contribution >= 4 is 26.0 Å². The first-order valence-electron chi connectivity index (χ1n) is 9.24. The summed E-state index contributed by atoms with van der Waals surface area (Å²) in [4.78, 5) is 13.0. The van der Waals surface area contributed by atoms with E-state index in [0.717, 1.165) is 16.1 Å². The fourth-order valence-corrected chi connectivity index (χ4v) is 5.08. The second kappa shape index (κ2) is 8.89. The minimum atomic E-state index is -3.54. The predicted molar refractivity (Wildman–Crippen MR) is 108 cm³/mol. The van der Waals surface area contributed by atoms with Crippen LogP contribution in [0.2, 0.25) is 0 Å². The highest BCUT2D eigenvalue weighted by Crippen LogP contribution is 2.23. The van der Waals surface area contributed by atoms with Crippen LogP contribution >= 0.6 is 0 Å². The summed E-state index contributed by atoms with van der Waals surface area (Å²) >= 11 is 0. The molecule has 0 saturated carbocycles. The molecule has 10 heteroatoms. The van der Waals surface area contributed by atoms with Gasteiger partial charge in [-0.15, -0.1) is 0 Å². The third kappa shape index (κ3) is 5.31. The van der Waals surface area contributed by atoms with Crippen LogP contribution in [0.25, 0.3) is 0 Å². The summed E-state index contributed by atoms with van der Waals surface area (Å²) in [6.45, 7) is 2.50. The average molecular weight is 432 g/mol. The van der Waals surface area contributed by atoms with Gasteiger partial charge in [-0.2, -0.15) is 17.0 Å². The molecule has 1 aliphatic rings. The molecule has 1 aliphatic heterocycles. The maximum Gasteiger partial charge on any atom is 0.281 e. The lowest BCUT2D eigenvalue weighted by molar-refractivity contribution is -0.126. The lowest BCUT2D eigenvalue weighted by atomic mass is 9.97. The Morgan fingerprint density at radius 1 is 1.21 bits per heavy atom. The number of nitrogens with zero attached hydrogens (tertiary/aromatic N) is 2. The lowest BCUT2D eigenvalue weighted by Gasteiger charge is -2.33. The van der Waals surface area contributed by atoms with Crippen LogP contribution in [0.15, 0.2) is 29.2 Å². The molecule has 0 aromatic heterocycles. The van der Waals surface area contributed by atoms with E-state index in [1.54, 1.807) is 12.1 Å². The molecule has 28 heavy (non-hydrogen) atoms. The summed E-state index contributed by atoms with van der Waals surface area (Å²) in [5, 5.41) is 2.99. The van der Waals surface area contributed by atoms with Crippen LogP contribution in [0.5, 0.6) is 0 Å². The number of hydrogen-bond acceptors (Lipinski definition) is 5. The highest BCUT2D eigenvalue weighted by atomic mass is 32.2. The minimum Gasteiger partial charge on any atom is -0.349 e. The van der Waals surface area contributed by atoms with Gasteiger partial charge in [0, 0.05) is 33.4 Å². The van der Waals surface area contributed by atoms with E-state index in [-0.39, 0.29) is 23.4 Å². The molecule has 1 fully saturated rings. The summed E-state index contributed by atoms with van der Waals surface area (Å²) in [5.41, 5.74) is 0.817. The molecule has 1 N–H and O–H groups in total. The number of rotatable bonds is 7. The molecule has 8 nitrogen and oxygen atoms in total. The van der Waals surface area contributed by atoms with Crippen LogP contribution in [0.1, 0.15) is 37.8 Å². The van der Waals surface area contributed by atoms with E-state index in [9.17, 15) is 21.6 Å². The number of carbonyl (C=O) groups excluding carboxylic acids is 1. The maximum atomic E-state index is 12.8. The molecule has 1 amide bonds. The Morgan fingerprint density at radius 2 is 1.82 bits per heavy atom. The van der Waals surface area contributed by atoms with Gasteiger partial charge in [0.25, 0.3) is 10.2 Å². The first kappa shape index (κ1) is 22.8. The molecular formula is C18H29N3O5S2. The van der Waals surface area contributed by atoms with Gasteiger partial charge >= 0.3 is 0 Å². The minimum absolute atomic E-state index is 0.162. The second-order valence-electron chi connectivity index (χ2n) is 7.30. The van der Waals surface area contributed by atoms with Crippen molar-refractivity contribution < 1.29 is 21.6 Å². The summed E-state index contributed by atoms with van der Waals surface area (Å²) in [5.74, 6) is -0.592. The Bertz CT molecular complexity index is 896. The summed E-state index contributed by atoms with van der Waals surface area (Å²) in [6.07, 6.45) is 3.05. The van der Waals surface area contributed by atoms with Gasteiger partial charge in [-0.3, -0.25) is 4.79 Å². The Morgan fingerprint density at radius 3 is 2.32 bits per heavy atom. The van der Waals surface area contributed by atoms with Crippen LogP contribution in [-0.2, 0) is 24.8 Å². The summed E-state index contributed by atoms with van der Waals surface area (Å²) in [6, 6.07) is 6.21. The van der Waals surface area contributed by atoms with Crippen molar-refractivity contribution in [2.24, 2.45) is 5.92 Å². The summed E-state index contributed by atoms with van der Waals surface area (Å²) < 4.78 is 50.4. The van der Waals surface area contributed by atoms with Gasteiger partial charge in [-0.05, 0) is 37.0 Å². The largest absolute Gasteiger partial charge is 0.349 e. The van der Waals surface area contributed by atoms with E-state index in [4.69, 9.17) is 0 Å². The van der Waals surface area contributed by atoms with Gasteiger partial charge < -0.3 is 5.32 Å². The van der Waals surface area contributed by atoms with Crippen molar-refractivity contribution in [1.29, 1.82) is 0 Å². The van der Waals surface area contributed by atoms with Gasteiger partial charge in [0.1, 0.15) is 0 Å². The molecule has 158 valence electrons. The van der Waals surface area contributed by atoms with E-state index in [1.165, 1.54) is 30.5 Å². The average Bonchev–Trinajstić information content (AvgIpc) is 2.65. The smallest absolute Gasteiger partial charge is 0.281 e. The van der Waals surface area contributed by atoms with E-state index < -0.39 is 26.0 Å². The van der Waals surface area contributed by atoms with Gasteiger partial charge in [-0.1, -0.05) is 19.1 Å². The fraction of sp³-hybridized carbons (Fsp3) is 0.611. The molecule has 1 heterocycles. The first-order valence-corrected chi connectivity index (χ1v) is 12.5. The number of amides is 1. The van der Waals surface area contributed by atoms with Crippen LogP contribution in [0, 0.1) is 5.92 Å². The molecule has 2 rings (SSSR count). The van der Waals surface area contributed by atoms with Crippen molar-refractivity contribution in [3.05, 3.63) is 29.8 Å². The molecule has 0 spiro atoms. The normalized spacial score (nSPS) is 20.1. The zero-order chi connectivity index (χ0) is 21.1. The molecule has 1 aromatic carbocycles. The number of nitrogens with one attached hydrogen (secondary N) is 1. The zero-order valence-corrected chi connectivity index (χ0v) is 18.4. The van der Waals surface area contributed by atoms with Crippen molar-refractivity contribution in [1.82, 2.24) is 13.9 Å². The van der Waals surface area contributed by atoms with E-state index in [0.29, 0.717) is 25.8 Å². The van der Waals surface area contributed by atoms with Gasteiger partial charge in [0.2, 0.25) is 5.91 Å². The Balaban J connectivity index is 2.09. The van der Waals surface area contributed by atoms with Crippen LogP contribution < -0.4 is 5.32 Å². The number of benzene rings is 1. The molecule has 1 saturated heterocycles. The van der Waals surface area contributed by atoms with Gasteiger partial charge in [0.15, 0.2) is 9.84 Å². The lowest BCUT2D eigenvalue weighted by Crippen LogP contribution is -2.49. The van der Waals surface area contributed by atoms with E-state index in [1.807, 2.05) is 6.92 Å².